The fourth-order valence-electron chi connectivity index (χ4n) is 4.51. The number of furan rings is 1. The van der Waals surface area contributed by atoms with Crippen molar-refractivity contribution in [2.45, 2.75) is 6.61 Å². The molecule has 0 atom stereocenters. The molecule has 0 aliphatic heterocycles. The molecule has 0 aliphatic rings. The SMILES string of the molecule is COc1cccc2oc(-c3nc4ccccc4c(=O)n3N=Cc3cc(Br)ccc3OCc3cccc([N+](=O)[O-])c3)cc12. The molecule has 10 nitrogen and oxygen atoms in total. The van der Waals surface area contributed by atoms with Crippen molar-refractivity contribution >= 4 is 49.7 Å². The molecule has 2 aromatic heterocycles. The summed E-state index contributed by atoms with van der Waals surface area (Å²) in [4.78, 5) is 29.1. The summed E-state index contributed by atoms with van der Waals surface area (Å²) in [5, 5.41) is 16.8. The summed E-state index contributed by atoms with van der Waals surface area (Å²) in [5.74, 6) is 1.64. The van der Waals surface area contributed by atoms with Gasteiger partial charge in [0, 0.05) is 22.2 Å². The summed E-state index contributed by atoms with van der Waals surface area (Å²) >= 11 is 3.48. The number of ether oxygens (including phenoxy) is 2. The lowest BCUT2D eigenvalue weighted by Gasteiger charge is -2.11. The molecule has 6 rings (SSSR count). The first-order chi connectivity index (χ1) is 20.4. The van der Waals surface area contributed by atoms with E-state index in [9.17, 15) is 14.9 Å². The molecule has 0 aliphatic carbocycles. The lowest BCUT2D eigenvalue weighted by atomic mass is 10.2. The Labute approximate surface area is 246 Å². The van der Waals surface area contributed by atoms with Gasteiger partial charge in [0.1, 0.15) is 23.7 Å². The van der Waals surface area contributed by atoms with Crippen molar-refractivity contribution in [2.75, 3.05) is 7.11 Å². The zero-order valence-electron chi connectivity index (χ0n) is 22.1. The molecule has 0 unspecified atom stereocenters. The first kappa shape index (κ1) is 26.9. The topological polar surface area (TPSA) is 122 Å². The number of fused-ring (bicyclic) bond motifs is 2. The first-order valence-electron chi connectivity index (χ1n) is 12.7. The van der Waals surface area contributed by atoms with Gasteiger partial charge in [-0.15, -0.1) is 0 Å². The summed E-state index contributed by atoms with van der Waals surface area (Å²) in [6.45, 7) is 0.0910. The van der Waals surface area contributed by atoms with Crippen molar-refractivity contribution in [3.05, 3.63) is 127 Å². The lowest BCUT2D eigenvalue weighted by Crippen LogP contribution is -2.20. The van der Waals surface area contributed by atoms with Crippen LogP contribution in [0.25, 0.3) is 33.5 Å². The standard InChI is InChI=1S/C31H21BrN4O6/c1-40-27-10-5-11-28-24(27)16-29(42-28)30-34-25-9-3-2-8-23(25)31(37)35(30)33-17-20-15-21(32)12-13-26(20)41-18-19-6-4-7-22(14-19)36(38)39/h2-17H,18H2,1H3. The van der Waals surface area contributed by atoms with E-state index >= 15 is 0 Å². The van der Waals surface area contributed by atoms with Gasteiger partial charge in [0.2, 0.25) is 5.82 Å². The molecule has 0 spiro atoms. The highest BCUT2D eigenvalue weighted by molar-refractivity contribution is 9.10. The van der Waals surface area contributed by atoms with E-state index in [0.717, 1.165) is 9.86 Å². The number of benzene rings is 4. The quantitative estimate of drug-likeness (QED) is 0.102. The van der Waals surface area contributed by atoms with E-state index in [-0.39, 0.29) is 23.7 Å². The van der Waals surface area contributed by atoms with Crippen LogP contribution in [0.5, 0.6) is 11.5 Å². The molecule has 0 saturated carbocycles. The number of hydrogen-bond acceptors (Lipinski definition) is 8. The second-order valence-corrected chi connectivity index (χ2v) is 10.1. The van der Waals surface area contributed by atoms with Crippen LogP contribution < -0.4 is 15.0 Å². The van der Waals surface area contributed by atoms with Crippen molar-refractivity contribution < 1.29 is 18.8 Å². The second kappa shape index (κ2) is 11.3. The molecular formula is C31H21BrN4O6. The van der Waals surface area contributed by atoms with E-state index < -0.39 is 4.92 Å². The summed E-state index contributed by atoms with van der Waals surface area (Å²) in [6, 6.07) is 25.8. The molecular weight excluding hydrogens is 604 g/mol. The molecule has 0 fully saturated rings. The zero-order valence-corrected chi connectivity index (χ0v) is 23.6. The minimum atomic E-state index is -0.452. The molecule has 0 saturated heterocycles. The predicted molar refractivity (Wildman–Crippen MR) is 162 cm³/mol. The Morgan fingerprint density at radius 3 is 2.67 bits per heavy atom. The highest BCUT2D eigenvalue weighted by atomic mass is 79.9. The van der Waals surface area contributed by atoms with E-state index in [1.54, 1.807) is 73.8 Å². The van der Waals surface area contributed by atoms with Crippen LogP contribution in [0.4, 0.5) is 5.69 Å². The molecule has 4 aromatic carbocycles. The van der Waals surface area contributed by atoms with Crippen LogP contribution in [-0.2, 0) is 6.61 Å². The molecule has 6 aromatic rings. The summed E-state index contributed by atoms with van der Waals surface area (Å²) in [6.07, 6.45) is 1.50. The number of aromatic nitrogens is 2. The fourth-order valence-corrected chi connectivity index (χ4v) is 4.88. The molecule has 11 heteroatoms. The number of para-hydroxylation sites is 1. The minimum Gasteiger partial charge on any atom is -0.496 e. The van der Waals surface area contributed by atoms with E-state index in [4.69, 9.17) is 18.9 Å². The number of rotatable bonds is 8. The zero-order chi connectivity index (χ0) is 29.2. The van der Waals surface area contributed by atoms with Crippen molar-refractivity contribution in [3.8, 4) is 23.1 Å². The predicted octanol–water partition coefficient (Wildman–Crippen LogP) is 6.95. The third-order valence-electron chi connectivity index (χ3n) is 6.52. The fraction of sp³-hybridized carbons (Fsp3) is 0.0645. The van der Waals surface area contributed by atoms with Gasteiger partial charge in [0.15, 0.2) is 5.76 Å². The van der Waals surface area contributed by atoms with Gasteiger partial charge in [0.25, 0.3) is 11.2 Å². The van der Waals surface area contributed by atoms with E-state index in [2.05, 4.69) is 21.0 Å². The summed E-state index contributed by atoms with van der Waals surface area (Å²) < 4.78 is 19.5. The van der Waals surface area contributed by atoms with Gasteiger partial charge < -0.3 is 13.9 Å². The summed E-state index contributed by atoms with van der Waals surface area (Å²) in [7, 11) is 1.58. The Hall–Kier alpha value is -5.29. The van der Waals surface area contributed by atoms with Gasteiger partial charge in [-0.1, -0.05) is 46.3 Å². The lowest BCUT2D eigenvalue weighted by molar-refractivity contribution is -0.384. The van der Waals surface area contributed by atoms with Gasteiger partial charge in [-0.3, -0.25) is 14.9 Å². The van der Waals surface area contributed by atoms with Crippen LogP contribution in [0.1, 0.15) is 11.1 Å². The van der Waals surface area contributed by atoms with Crippen LogP contribution in [0.3, 0.4) is 0 Å². The van der Waals surface area contributed by atoms with Gasteiger partial charge >= 0.3 is 0 Å². The molecule has 2 heterocycles. The minimum absolute atomic E-state index is 0.0207. The third-order valence-corrected chi connectivity index (χ3v) is 7.01. The van der Waals surface area contributed by atoms with E-state index in [1.165, 1.54) is 23.0 Å². The van der Waals surface area contributed by atoms with Gasteiger partial charge in [0.05, 0.1) is 34.5 Å². The van der Waals surface area contributed by atoms with Gasteiger partial charge in [-0.05, 0) is 54.1 Å². The monoisotopic (exact) mass is 624 g/mol. The van der Waals surface area contributed by atoms with Crippen LogP contribution in [0.15, 0.2) is 110 Å². The summed E-state index contributed by atoms with van der Waals surface area (Å²) in [5.41, 5.74) is 1.87. The molecule has 42 heavy (non-hydrogen) atoms. The van der Waals surface area contributed by atoms with Crippen molar-refractivity contribution in [1.82, 2.24) is 9.66 Å². The number of halogens is 1. The van der Waals surface area contributed by atoms with Gasteiger partial charge in [-0.25, -0.2) is 4.98 Å². The average Bonchev–Trinajstić information content (AvgIpc) is 3.45. The largest absolute Gasteiger partial charge is 0.496 e. The van der Waals surface area contributed by atoms with Crippen LogP contribution in [0, 0.1) is 10.1 Å². The normalized spacial score (nSPS) is 11.4. The van der Waals surface area contributed by atoms with Gasteiger partial charge in [-0.2, -0.15) is 9.78 Å². The first-order valence-corrected chi connectivity index (χ1v) is 13.5. The Morgan fingerprint density at radius 2 is 1.83 bits per heavy atom. The van der Waals surface area contributed by atoms with Crippen molar-refractivity contribution in [3.63, 3.8) is 0 Å². The highest BCUT2D eigenvalue weighted by Crippen LogP contribution is 2.33. The maximum Gasteiger partial charge on any atom is 0.282 e. The Morgan fingerprint density at radius 1 is 1.00 bits per heavy atom. The average molecular weight is 625 g/mol. The molecule has 0 amide bonds. The van der Waals surface area contributed by atoms with Crippen LogP contribution in [-0.4, -0.2) is 27.9 Å². The number of hydrogen-bond donors (Lipinski definition) is 0. The molecule has 0 radical (unpaired) electrons. The maximum atomic E-state index is 13.7. The van der Waals surface area contributed by atoms with Crippen molar-refractivity contribution in [2.24, 2.45) is 5.10 Å². The number of non-ortho nitro benzene ring substituents is 1. The van der Waals surface area contributed by atoms with E-state index in [0.29, 0.717) is 44.9 Å². The third kappa shape index (κ3) is 5.25. The highest BCUT2D eigenvalue weighted by Gasteiger charge is 2.18. The van der Waals surface area contributed by atoms with Crippen molar-refractivity contribution in [1.29, 1.82) is 0 Å². The number of methoxy groups -OCH3 is 1. The molecule has 0 N–H and O–H groups in total. The smallest absolute Gasteiger partial charge is 0.282 e. The Bertz CT molecular complexity index is 2070. The Balaban J connectivity index is 1.42. The van der Waals surface area contributed by atoms with E-state index in [1.807, 2.05) is 12.1 Å². The Kier molecular flexibility index (Phi) is 7.24. The maximum absolute atomic E-state index is 13.7. The number of nitrogens with zero attached hydrogens (tertiary/aromatic N) is 4. The number of nitro groups is 1. The molecule has 0 bridgehead atoms. The molecule has 208 valence electrons. The second-order valence-electron chi connectivity index (χ2n) is 9.19. The van der Waals surface area contributed by atoms with Crippen LogP contribution >= 0.6 is 15.9 Å². The number of nitro benzene ring substituents is 1. The van der Waals surface area contributed by atoms with Crippen LogP contribution in [0.2, 0.25) is 0 Å².